The lowest BCUT2D eigenvalue weighted by atomic mass is 10.3. The van der Waals surface area contributed by atoms with Crippen molar-refractivity contribution in [2.24, 2.45) is 0 Å². The van der Waals surface area contributed by atoms with E-state index >= 15 is 0 Å². The van der Waals surface area contributed by atoms with Crippen LogP contribution in [0.2, 0.25) is 0 Å². The monoisotopic (exact) mass is 352 g/mol. The molecule has 0 unspecified atom stereocenters. The van der Waals surface area contributed by atoms with Gasteiger partial charge < -0.3 is 10.1 Å². The summed E-state index contributed by atoms with van der Waals surface area (Å²) in [5.74, 6) is 1.49. The standard InChI is InChI=1S/C20H20N2O2S/c1-22(14-19-8-5-13-25-19)15-20(23)21-16-9-11-18(12-10-16)24-17-6-3-2-4-7-17/h2-13H,14-15H2,1H3,(H,21,23). The molecule has 0 fully saturated rings. The number of anilines is 1. The molecule has 0 spiro atoms. The van der Waals surface area contributed by atoms with Crippen molar-refractivity contribution in [1.82, 2.24) is 4.90 Å². The summed E-state index contributed by atoms with van der Waals surface area (Å²) in [6.45, 7) is 1.12. The van der Waals surface area contributed by atoms with E-state index in [4.69, 9.17) is 4.74 Å². The van der Waals surface area contributed by atoms with Gasteiger partial charge in [-0.2, -0.15) is 0 Å². The van der Waals surface area contributed by atoms with Crippen molar-refractivity contribution in [2.45, 2.75) is 6.54 Å². The first-order valence-corrected chi connectivity index (χ1v) is 8.91. The first kappa shape index (κ1) is 17.2. The molecular formula is C20H20N2O2S. The van der Waals surface area contributed by atoms with Crippen LogP contribution in [0.3, 0.4) is 0 Å². The number of nitrogens with zero attached hydrogens (tertiary/aromatic N) is 1. The van der Waals surface area contributed by atoms with Crippen LogP contribution in [0.1, 0.15) is 4.88 Å². The number of hydrogen-bond donors (Lipinski definition) is 1. The van der Waals surface area contributed by atoms with Gasteiger partial charge in [0, 0.05) is 17.1 Å². The molecule has 3 aromatic rings. The zero-order valence-electron chi connectivity index (χ0n) is 14.0. The van der Waals surface area contributed by atoms with Gasteiger partial charge in [0.2, 0.25) is 5.91 Å². The molecule has 1 amide bonds. The highest BCUT2D eigenvalue weighted by Gasteiger charge is 2.08. The Morgan fingerprint density at radius 3 is 2.40 bits per heavy atom. The molecule has 0 saturated heterocycles. The lowest BCUT2D eigenvalue weighted by Crippen LogP contribution is -2.29. The second-order valence-electron chi connectivity index (χ2n) is 5.74. The summed E-state index contributed by atoms with van der Waals surface area (Å²) in [7, 11) is 1.94. The lowest BCUT2D eigenvalue weighted by molar-refractivity contribution is -0.117. The number of benzene rings is 2. The number of hydrogen-bond acceptors (Lipinski definition) is 4. The summed E-state index contributed by atoms with van der Waals surface area (Å²) in [5, 5.41) is 4.95. The van der Waals surface area contributed by atoms with Crippen molar-refractivity contribution < 1.29 is 9.53 Å². The van der Waals surface area contributed by atoms with Gasteiger partial charge in [-0.15, -0.1) is 11.3 Å². The fourth-order valence-electron chi connectivity index (χ4n) is 2.40. The maximum Gasteiger partial charge on any atom is 0.238 e. The van der Waals surface area contributed by atoms with E-state index < -0.39 is 0 Å². The number of para-hydroxylation sites is 1. The quantitative estimate of drug-likeness (QED) is 0.675. The minimum Gasteiger partial charge on any atom is -0.457 e. The van der Waals surface area contributed by atoms with Crippen LogP contribution in [-0.2, 0) is 11.3 Å². The Kier molecular flexibility index (Phi) is 5.82. The van der Waals surface area contributed by atoms with Gasteiger partial charge >= 0.3 is 0 Å². The molecule has 5 heteroatoms. The highest BCUT2D eigenvalue weighted by Crippen LogP contribution is 2.22. The molecule has 0 saturated carbocycles. The van der Waals surface area contributed by atoms with Crippen LogP contribution >= 0.6 is 11.3 Å². The van der Waals surface area contributed by atoms with Crippen molar-refractivity contribution in [3.05, 3.63) is 77.0 Å². The molecular weight excluding hydrogens is 332 g/mol. The topological polar surface area (TPSA) is 41.6 Å². The van der Waals surface area contributed by atoms with Gasteiger partial charge in [0.25, 0.3) is 0 Å². The fourth-order valence-corrected chi connectivity index (χ4v) is 3.19. The van der Waals surface area contributed by atoms with Crippen molar-refractivity contribution in [3.63, 3.8) is 0 Å². The van der Waals surface area contributed by atoms with Crippen LogP contribution in [0.25, 0.3) is 0 Å². The highest BCUT2D eigenvalue weighted by molar-refractivity contribution is 7.09. The van der Waals surface area contributed by atoms with Gasteiger partial charge in [-0.3, -0.25) is 9.69 Å². The van der Waals surface area contributed by atoms with E-state index in [9.17, 15) is 4.79 Å². The summed E-state index contributed by atoms with van der Waals surface area (Å²) in [5.41, 5.74) is 0.759. The number of ether oxygens (including phenoxy) is 1. The number of likely N-dealkylation sites (N-methyl/N-ethyl adjacent to an activating group) is 1. The maximum atomic E-state index is 12.1. The minimum absolute atomic E-state index is 0.0317. The number of rotatable bonds is 7. The van der Waals surface area contributed by atoms with Gasteiger partial charge in [-0.1, -0.05) is 24.3 Å². The normalized spacial score (nSPS) is 10.6. The third-order valence-corrected chi connectivity index (χ3v) is 4.40. The van der Waals surface area contributed by atoms with Crippen molar-refractivity contribution in [2.75, 3.05) is 18.9 Å². The first-order valence-electron chi connectivity index (χ1n) is 8.03. The first-order chi connectivity index (χ1) is 12.2. The number of thiophene rings is 1. The minimum atomic E-state index is -0.0317. The van der Waals surface area contributed by atoms with Crippen LogP contribution in [0.5, 0.6) is 11.5 Å². The molecule has 0 aliphatic rings. The van der Waals surface area contributed by atoms with Crippen LogP contribution < -0.4 is 10.1 Å². The third kappa shape index (κ3) is 5.45. The van der Waals surface area contributed by atoms with E-state index in [0.717, 1.165) is 23.7 Å². The fraction of sp³-hybridized carbons (Fsp3) is 0.150. The Hall–Kier alpha value is -2.63. The van der Waals surface area contributed by atoms with E-state index in [1.807, 2.05) is 78.0 Å². The second kappa shape index (κ2) is 8.46. The molecule has 1 aromatic heterocycles. The Balaban J connectivity index is 1.49. The molecule has 0 atom stereocenters. The van der Waals surface area contributed by atoms with Crippen LogP contribution in [0, 0.1) is 0 Å². The lowest BCUT2D eigenvalue weighted by Gasteiger charge is -2.15. The van der Waals surface area contributed by atoms with Gasteiger partial charge in [0.1, 0.15) is 11.5 Å². The zero-order valence-corrected chi connectivity index (χ0v) is 14.8. The number of nitrogens with one attached hydrogen (secondary N) is 1. The SMILES string of the molecule is CN(CC(=O)Nc1ccc(Oc2ccccc2)cc1)Cc1cccs1. The van der Waals surface area contributed by atoms with E-state index in [2.05, 4.69) is 11.4 Å². The molecule has 4 nitrogen and oxygen atoms in total. The molecule has 25 heavy (non-hydrogen) atoms. The molecule has 0 aliphatic heterocycles. The van der Waals surface area contributed by atoms with E-state index in [-0.39, 0.29) is 5.91 Å². The van der Waals surface area contributed by atoms with Gasteiger partial charge in [0.15, 0.2) is 0 Å². The molecule has 128 valence electrons. The summed E-state index contributed by atoms with van der Waals surface area (Å²) < 4.78 is 5.74. The molecule has 1 N–H and O–H groups in total. The Morgan fingerprint density at radius 1 is 1.00 bits per heavy atom. The van der Waals surface area contributed by atoms with Gasteiger partial charge in [0.05, 0.1) is 6.54 Å². The van der Waals surface area contributed by atoms with Crippen LogP contribution in [-0.4, -0.2) is 24.4 Å². The Bertz CT molecular complexity index is 786. The summed E-state index contributed by atoms with van der Waals surface area (Å²) in [6.07, 6.45) is 0. The Labute approximate surface area is 151 Å². The molecule has 0 aliphatic carbocycles. The third-order valence-electron chi connectivity index (χ3n) is 3.54. The molecule has 1 heterocycles. The average Bonchev–Trinajstić information content (AvgIpc) is 3.10. The number of amides is 1. The molecule has 0 bridgehead atoms. The number of carbonyl (C=O) groups is 1. The summed E-state index contributed by atoms with van der Waals surface area (Å²) in [4.78, 5) is 15.4. The van der Waals surface area contributed by atoms with Crippen molar-refractivity contribution in [1.29, 1.82) is 0 Å². The average molecular weight is 352 g/mol. The van der Waals surface area contributed by atoms with Crippen LogP contribution in [0.4, 0.5) is 5.69 Å². The molecule has 3 rings (SSSR count). The summed E-state index contributed by atoms with van der Waals surface area (Å²) >= 11 is 1.70. The zero-order chi connectivity index (χ0) is 17.5. The smallest absolute Gasteiger partial charge is 0.238 e. The molecule has 0 radical (unpaired) electrons. The van der Waals surface area contributed by atoms with E-state index in [1.165, 1.54) is 4.88 Å². The van der Waals surface area contributed by atoms with Crippen molar-refractivity contribution in [3.8, 4) is 11.5 Å². The second-order valence-corrected chi connectivity index (χ2v) is 6.77. The van der Waals surface area contributed by atoms with Crippen LogP contribution in [0.15, 0.2) is 72.1 Å². The maximum absolute atomic E-state index is 12.1. The predicted octanol–water partition coefficient (Wildman–Crippen LogP) is 4.61. The highest BCUT2D eigenvalue weighted by atomic mass is 32.1. The van der Waals surface area contributed by atoms with Crippen molar-refractivity contribution >= 4 is 22.9 Å². The van der Waals surface area contributed by atoms with E-state index in [1.54, 1.807) is 11.3 Å². The summed E-state index contributed by atoms with van der Waals surface area (Å²) in [6, 6.07) is 21.1. The number of carbonyl (C=O) groups excluding carboxylic acids is 1. The largest absolute Gasteiger partial charge is 0.457 e. The molecule has 2 aromatic carbocycles. The Morgan fingerprint density at radius 2 is 1.72 bits per heavy atom. The predicted molar refractivity (Wildman–Crippen MR) is 102 cm³/mol. The van der Waals surface area contributed by atoms with E-state index in [0.29, 0.717) is 6.54 Å². The van der Waals surface area contributed by atoms with Gasteiger partial charge in [-0.25, -0.2) is 0 Å². The van der Waals surface area contributed by atoms with Gasteiger partial charge in [-0.05, 0) is 54.9 Å².